The summed E-state index contributed by atoms with van der Waals surface area (Å²) in [6, 6.07) is 17.5. The zero-order valence-corrected chi connectivity index (χ0v) is 9.22. The second-order valence-corrected chi connectivity index (χ2v) is 3.76. The molecule has 1 N–H and O–H groups in total. The van der Waals surface area contributed by atoms with Crippen LogP contribution in [0.15, 0.2) is 48.5 Å². The maximum Gasteiger partial charge on any atom is 0.426 e. The van der Waals surface area contributed by atoms with Crippen LogP contribution in [0.1, 0.15) is 0 Å². The highest BCUT2D eigenvalue weighted by molar-refractivity contribution is 7.32. The topological polar surface area (TPSA) is 46.5 Å². The Morgan fingerprint density at radius 3 is 2.56 bits per heavy atom. The van der Waals surface area contributed by atoms with Crippen LogP contribution in [0, 0.1) is 6.07 Å². The fourth-order valence-electron chi connectivity index (χ4n) is 1.41. The molecule has 0 saturated heterocycles. The number of hydrogen-bond acceptors (Lipinski definition) is 2. The average molecular weight is 232 g/mol. The summed E-state index contributed by atoms with van der Waals surface area (Å²) >= 11 is 0. The molecular formula is C12H9O3P. The quantitative estimate of drug-likeness (QED) is 0.826. The fraction of sp³-hybridized carbons (Fsp3) is 0. The highest BCUT2D eigenvalue weighted by atomic mass is 31.1. The summed E-state index contributed by atoms with van der Waals surface area (Å²) in [5, 5.41) is 0. The third kappa shape index (κ3) is 2.45. The van der Waals surface area contributed by atoms with Gasteiger partial charge in [0.05, 0.1) is 0 Å². The van der Waals surface area contributed by atoms with E-state index in [9.17, 15) is 4.57 Å². The zero-order chi connectivity index (χ0) is 11.4. The van der Waals surface area contributed by atoms with Gasteiger partial charge in [-0.05, 0) is 17.7 Å². The SMILES string of the molecule is O=[P](O)Oc1ccccc1-c1[c]cccc1. The third-order valence-electron chi connectivity index (χ3n) is 2.06. The lowest BCUT2D eigenvalue weighted by Gasteiger charge is -2.07. The molecule has 0 aliphatic rings. The van der Waals surface area contributed by atoms with E-state index < -0.39 is 8.25 Å². The molecule has 1 atom stereocenters. The summed E-state index contributed by atoms with van der Waals surface area (Å²) < 4.78 is 15.5. The van der Waals surface area contributed by atoms with Crippen LogP contribution in [-0.4, -0.2) is 4.89 Å². The standard InChI is InChI=1S/C12H9O3P/c13-16(14)15-12-9-5-4-8-11(12)10-6-2-1-3-7-10/h1-6,8-9H,(H,13,14). The number of para-hydroxylation sites is 1. The second kappa shape index (κ2) is 4.88. The molecule has 0 aliphatic carbocycles. The number of rotatable bonds is 3. The monoisotopic (exact) mass is 232 g/mol. The summed E-state index contributed by atoms with van der Waals surface area (Å²) in [6.45, 7) is 0. The van der Waals surface area contributed by atoms with Crippen molar-refractivity contribution in [3.63, 3.8) is 0 Å². The first-order valence-corrected chi connectivity index (χ1v) is 5.80. The van der Waals surface area contributed by atoms with Gasteiger partial charge in [-0.25, -0.2) is 4.57 Å². The molecule has 2 radical (unpaired) electrons. The van der Waals surface area contributed by atoms with Gasteiger partial charge in [0.15, 0.2) is 0 Å². The van der Waals surface area contributed by atoms with Crippen molar-refractivity contribution in [2.45, 2.75) is 0 Å². The van der Waals surface area contributed by atoms with Crippen LogP contribution < -0.4 is 4.52 Å². The zero-order valence-electron chi connectivity index (χ0n) is 8.33. The Hall–Kier alpha value is -1.70. The lowest BCUT2D eigenvalue weighted by atomic mass is 10.1. The lowest BCUT2D eigenvalue weighted by molar-refractivity contribution is 0.411. The minimum absolute atomic E-state index is 0.383. The van der Waals surface area contributed by atoms with Crippen LogP contribution in [0.3, 0.4) is 0 Å². The van der Waals surface area contributed by atoms with E-state index >= 15 is 0 Å². The molecule has 0 aliphatic heterocycles. The molecule has 0 saturated carbocycles. The van der Waals surface area contributed by atoms with E-state index in [-0.39, 0.29) is 0 Å². The fourth-order valence-corrected chi connectivity index (χ4v) is 1.74. The molecule has 2 rings (SSSR count). The van der Waals surface area contributed by atoms with Crippen molar-refractivity contribution in [1.82, 2.24) is 0 Å². The Bertz CT molecular complexity index is 497. The molecule has 2 aromatic rings. The minimum Gasteiger partial charge on any atom is -0.397 e. The van der Waals surface area contributed by atoms with Crippen molar-refractivity contribution in [1.29, 1.82) is 0 Å². The van der Waals surface area contributed by atoms with Crippen molar-refractivity contribution in [3.8, 4) is 16.9 Å². The van der Waals surface area contributed by atoms with Crippen LogP contribution in [0.25, 0.3) is 11.1 Å². The van der Waals surface area contributed by atoms with E-state index in [4.69, 9.17) is 9.42 Å². The Labute approximate surface area is 94.3 Å². The Morgan fingerprint density at radius 2 is 1.88 bits per heavy atom. The normalized spacial score (nSPS) is 10.9. The van der Waals surface area contributed by atoms with Gasteiger partial charge in [0.25, 0.3) is 0 Å². The third-order valence-corrected chi connectivity index (χ3v) is 2.42. The van der Waals surface area contributed by atoms with E-state index in [0.29, 0.717) is 5.75 Å². The molecule has 0 fully saturated rings. The van der Waals surface area contributed by atoms with Crippen molar-refractivity contribution in [2.75, 3.05) is 0 Å². The van der Waals surface area contributed by atoms with Gasteiger partial charge in [0, 0.05) is 5.56 Å². The molecule has 3 nitrogen and oxygen atoms in total. The van der Waals surface area contributed by atoms with Gasteiger partial charge in [0.1, 0.15) is 5.75 Å². The molecule has 0 spiro atoms. The van der Waals surface area contributed by atoms with Gasteiger partial charge >= 0.3 is 8.25 Å². The van der Waals surface area contributed by atoms with Crippen molar-refractivity contribution in [3.05, 3.63) is 54.6 Å². The first-order chi connectivity index (χ1) is 7.77. The molecule has 4 heteroatoms. The summed E-state index contributed by atoms with van der Waals surface area (Å²) in [6.07, 6.45) is 0. The molecular weight excluding hydrogens is 223 g/mol. The number of hydrogen-bond donors (Lipinski definition) is 1. The Kier molecular flexibility index (Phi) is 3.30. The summed E-state index contributed by atoms with van der Waals surface area (Å²) in [5.41, 5.74) is 1.58. The Morgan fingerprint density at radius 1 is 1.12 bits per heavy atom. The molecule has 80 valence electrons. The van der Waals surface area contributed by atoms with Gasteiger partial charge < -0.3 is 4.52 Å². The van der Waals surface area contributed by atoms with Crippen molar-refractivity contribution >= 4 is 8.25 Å². The maximum atomic E-state index is 10.7. The maximum absolute atomic E-state index is 10.7. The van der Waals surface area contributed by atoms with E-state index in [1.54, 1.807) is 18.2 Å². The van der Waals surface area contributed by atoms with E-state index in [2.05, 4.69) is 6.07 Å². The Balaban J connectivity index is 2.44. The second-order valence-electron chi connectivity index (χ2n) is 3.10. The number of benzene rings is 2. The van der Waals surface area contributed by atoms with Crippen LogP contribution in [-0.2, 0) is 4.57 Å². The first-order valence-electron chi connectivity index (χ1n) is 4.67. The minimum atomic E-state index is -2.65. The van der Waals surface area contributed by atoms with Crippen LogP contribution in [0.5, 0.6) is 5.75 Å². The molecule has 2 aromatic carbocycles. The van der Waals surface area contributed by atoms with Crippen molar-refractivity contribution in [2.24, 2.45) is 0 Å². The predicted molar refractivity (Wildman–Crippen MR) is 61.2 cm³/mol. The van der Waals surface area contributed by atoms with E-state index in [1.807, 2.05) is 30.3 Å². The highest BCUT2D eigenvalue weighted by Crippen LogP contribution is 2.33. The van der Waals surface area contributed by atoms with Crippen LogP contribution in [0.4, 0.5) is 0 Å². The molecule has 0 heterocycles. The largest absolute Gasteiger partial charge is 0.426 e. The van der Waals surface area contributed by atoms with Crippen LogP contribution >= 0.6 is 8.25 Å². The van der Waals surface area contributed by atoms with E-state index in [1.165, 1.54) is 0 Å². The van der Waals surface area contributed by atoms with Gasteiger partial charge in [0.2, 0.25) is 0 Å². The van der Waals surface area contributed by atoms with Crippen molar-refractivity contribution < 1.29 is 14.0 Å². The molecule has 0 bridgehead atoms. The molecule has 16 heavy (non-hydrogen) atoms. The summed E-state index contributed by atoms with van der Waals surface area (Å²) in [7, 11) is -2.65. The van der Waals surface area contributed by atoms with E-state index in [0.717, 1.165) is 11.1 Å². The molecule has 1 unspecified atom stereocenters. The molecule has 0 amide bonds. The lowest BCUT2D eigenvalue weighted by Crippen LogP contribution is -1.85. The average Bonchev–Trinajstić information content (AvgIpc) is 2.30. The van der Waals surface area contributed by atoms with Crippen LogP contribution in [0.2, 0.25) is 0 Å². The summed E-state index contributed by atoms with van der Waals surface area (Å²) in [4.78, 5) is 8.75. The highest BCUT2D eigenvalue weighted by Gasteiger charge is 2.07. The summed E-state index contributed by atoms with van der Waals surface area (Å²) in [5.74, 6) is 0.383. The smallest absolute Gasteiger partial charge is 0.397 e. The van der Waals surface area contributed by atoms with Gasteiger partial charge in [-0.15, -0.1) is 0 Å². The predicted octanol–water partition coefficient (Wildman–Crippen LogP) is 3.18. The first kappa shape index (κ1) is 10.8. The van der Waals surface area contributed by atoms with Gasteiger partial charge in [-0.2, -0.15) is 0 Å². The van der Waals surface area contributed by atoms with Gasteiger partial charge in [-0.3, -0.25) is 4.89 Å². The molecule has 0 aromatic heterocycles. The van der Waals surface area contributed by atoms with Gasteiger partial charge in [-0.1, -0.05) is 42.5 Å².